The van der Waals surface area contributed by atoms with Crippen molar-refractivity contribution in [3.05, 3.63) is 68.7 Å². The number of carbonyl (C=O) groups excluding carboxylic acids is 1. The summed E-state index contributed by atoms with van der Waals surface area (Å²) < 4.78 is 16.9. The summed E-state index contributed by atoms with van der Waals surface area (Å²) in [6.07, 6.45) is 4.92. The normalized spacial score (nSPS) is 21.2. The Hall–Kier alpha value is -3.14. The highest BCUT2D eigenvalue weighted by Gasteiger charge is 2.29. The Kier molecular flexibility index (Phi) is 6.64. The molecule has 3 heterocycles. The zero-order valence-electron chi connectivity index (χ0n) is 19.2. The third-order valence-electron chi connectivity index (χ3n) is 6.98. The first-order valence-corrected chi connectivity index (χ1v) is 13.1. The summed E-state index contributed by atoms with van der Waals surface area (Å²) in [4.78, 5) is 43.7. The molecule has 184 valence electrons. The predicted octanol–water partition coefficient (Wildman–Crippen LogP) is 3.38. The summed E-state index contributed by atoms with van der Waals surface area (Å²) in [7, 11) is 0. The van der Waals surface area contributed by atoms with Gasteiger partial charge < -0.3 is 10.4 Å². The fourth-order valence-corrected chi connectivity index (χ4v) is 6.28. The third-order valence-corrected chi connectivity index (χ3v) is 8.03. The molecule has 2 aromatic heterocycles. The molecule has 1 aliphatic heterocycles. The summed E-state index contributed by atoms with van der Waals surface area (Å²) in [5, 5.41) is 12.7. The van der Waals surface area contributed by atoms with Crippen LogP contribution in [0.4, 0.5) is 4.39 Å². The van der Waals surface area contributed by atoms with E-state index in [0.29, 0.717) is 31.2 Å². The van der Waals surface area contributed by atoms with Gasteiger partial charge >= 0.3 is 5.69 Å². The van der Waals surface area contributed by atoms with Crippen LogP contribution in [0.2, 0.25) is 0 Å². The first kappa shape index (κ1) is 23.6. The Labute approximate surface area is 205 Å². The summed E-state index contributed by atoms with van der Waals surface area (Å²) in [5.74, 6) is 0.984. The average molecular weight is 499 g/mol. The average Bonchev–Trinajstić information content (AvgIpc) is 2.86. The van der Waals surface area contributed by atoms with E-state index in [9.17, 15) is 23.9 Å². The number of hydrogen-bond donors (Lipinski definition) is 2. The summed E-state index contributed by atoms with van der Waals surface area (Å²) in [6, 6.07) is 6.83. The molecule has 5 rings (SSSR count). The molecule has 35 heavy (non-hydrogen) atoms. The molecule has 8 nitrogen and oxygen atoms in total. The number of amides is 1. The van der Waals surface area contributed by atoms with E-state index in [-0.39, 0.29) is 46.5 Å². The van der Waals surface area contributed by atoms with Gasteiger partial charge in [-0.25, -0.2) is 14.2 Å². The SMILES string of the molecule is O=C(NC1CCC(n2c(=O)c3cc(F)cnc3n(C3CCSCC3)c2=O)CC1)c1cccc(O)c1. The first-order valence-electron chi connectivity index (χ1n) is 11.9. The van der Waals surface area contributed by atoms with Gasteiger partial charge in [0.2, 0.25) is 0 Å². The minimum absolute atomic E-state index is 0.0239. The number of hydrogen-bond acceptors (Lipinski definition) is 6. The highest BCUT2D eigenvalue weighted by molar-refractivity contribution is 7.99. The Bertz CT molecular complexity index is 1370. The summed E-state index contributed by atoms with van der Waals surface area (Å²) in [5.41, 5.74) is -0.265. The van der Waals surface area contributed by atoms with E-state index in [1.54, 1.807) is 16.7 Å². The zero-order valence-corrected chi connectivity index (χ0v) is 20.0. The second-order valence-corrected chi connectivity index (χ2v) is 10.4. The van der Waals surface area contributed by atoms with E-state index in [4.69, 9.17) is 0 Å². The molecule has 0 radical (unpaired) electrons. The summed E-state index contributed by atoms with van der Waals surface area (Å²) >= 11 is 1.83. The molecule has 2 fully saturated rings. The van der Waals surface area contributed by atoms with Crippen molar-refractivity contribution in [2.75, 3.05) is 11.5 Å². The van der Waals surface area contributed by atoms with Crippen LogP contribution in [0, 0.1) is 5.82 Å². The summed E-state index contributed by atoms with van der Waals surface area (Å²) in [6.45, 7) is 0. The van der Waals surface area contributed by atoms with Crippen LogP contribution >= 0.6 is 11.8 Å². The molecule has 0 spiro atoms. The number of nitrogens with one attached hydrogen (secondary N) is 1. The number of fused-ring (bicyclic) bond motifs is 1. The van der Waals surface area contributed by atoms with Gasteiger partial charge in [-0.1, -0.05) is 6.07 Å². The number of aromatic nitrogens is 3. The zero-order chi connectivity index (χ0) is 24.5. The van der Waals surface area contributed by atoms with Crippen LogP contribution in [0.25, 0.3) is 11.0 Å². The number of halogens is 1. The number of aromatic hydroxyl groups is 1. The molecule has 1 aromatic carbocycles. The second kappa shape index (κ2) is 9.85. The fourth-order valence-electron chi connectivity index (χ4n) is 5.19. The van der Waals surface area contributed by atoms with Crippen molar-refractivity contribution >= 4 is 28.7 Å². The van der Waals surface area contributed by atoms with Crippen molar-refractivity contribution in [1.82, 2.24) is 19.4 Å². The van der Waals surface area contributed by atoms with Gasteiger partial charge in [-0.3, -0.25) is 18.7 Å². The van der Waals surface area contributed by atoms with E-state index in [0.717, 1.165) is 30.5 Å². The van der Waals surface area contributed by atoms with Crippen molar-refractivity contribution in [1.29, 1.82) is 0 Å². The molecule has 1 aliphatic carbocycles. The number of pyridine rings is 1. The lowest BCUT2D eigenvalue weighted by Crippen LogP contribution is -2.46. The maximum atomic E-state index is 14.0. The Balaban J connectivity index is 1.42. The maximum Gasteiger partial charge on any atom is 0.333 e. The Morgan fingerprint density at radius 2 is 1.74 bits per heavy atom. The number of benzene rings is 1. The van der Waals surface area contributed by atoms with Gasteiger partial charge in [-0.2, -0.15) is 11.8 Å². The second-order valence-electron chi connectivity index (χ2n) is 9.23. The van der Waals surface area contributed by atoms with Crippen LogP contribution in [0.3, 0.4) is 0 Å². The van der Waals surface area contributed by atoms with Gasteiger partial charge in [0.25, 0.3) is 11.5 Å². The van der Waals surface area contributed by atoms with Crippen molar-refractivity contribution in [2.45, 2.75) is 56.7 Å². The van der Waals surface area contributed by atoms with E-state index in [1.807, 2.05) is 11.8 Å². The van der Waals surface area contributed by atoms with Crippen LogP contribution in [0.1, 0.15) is 61.0 Å². The van der Waals surface area contributed by atoms with Gasteiger partial charge in [0.15, 0.2) is 0 Å². The van der Waals surface area contributed by atoms with Gasteiger partial charge in [0.1, 0.15) is 17.2 Å². The molecule has 1 saturated heterocycles. The highest BCUT2D eigenvalue weighted by Crippen LogP contribution is 2.30. The molecule has 0 atom stereocenters. The van der Waals surface area contributed by atoms with Crippen LogP contribution in [0.5, 0.6) is 5.75 Å². The molecule has 0 unspecified atom stereocenters. The third kappa shape index (κ3) is 4.71. The van der Waals surface area contributed by atoms with Crippen LogP contribution in [0.15, 0.2) is 46.1 Å². The van der Waals surface area contributed by atoms with Crippen molar-refractivity contribution in [3.8, 4) is 5.75 Å². The lowest BCUT2D eigenvalue weighted by Gasteiger charge is -2.31. The minimum atomic E-state index is -0.607. The number of phenols is 1. The molecule has 1 amide bonds. The minimum Gasteiger partial charge on any atom is -0.508 e. The monoisotopic (exact) mass is 498 g/mol. The standard InChI is InChI=1S/C25H27FN4O4S/c26-16-13-21-22(27-14-16)29(19-8-10-35-11-9-19)25(34)30(24(21)33)18-6-4-17(5-7-18)28-23(32)15-2-1-3-20(31)12-15/h1-3,12-14,17-19,31H,4-11H2,(H,28,32). The lowest BCUT2D eigenvalue weighted by molar-refractivity contribution is 0.0921. The molecule has 0 bridgehead atoms. The van der Waals surface area contributed by atoms with Crippen molar-refractivity contribution in [3.63, 3.8) is 0 Å². The van der Waals surface area contributed by atoms with E-state index >= 15 is 0 Å². The maximum absolute atomic E-state index is 14.0. The smallest absolute Gasteiger partial charge is 0.333 e. The van der Waals surface area contributed by atoms with Gasteiger partial charge in [-0.15, -0.1) is 0 Å². The Morgan fingerprint density at radius 1 is 1.03 bits per heavy atom. The van der Waals surface area contributed by atoms with E-state index in [2.05, 4.69) is 10.3 Å². The fraction of sp³-hybridized carbons (Fsp3) is 0.440. The van der Waals surface area contributed by atoms with Gasteiger partial charge in [-0.05, 0) is 74.3 Å². The quantitative estimate of drug-likeness (QED) is 0.571. The number of nitrogens with zero attached hydrogens (tertiary/aromatic N) is 3. The van der Waals surface area contributed by atoms with Crippen molar-refractivity contribution < 1.29 is 14.3 Å². The molecule has 2 aliphatic rings. The van der Waals surface area contributed by atoms with Gasteiger partial charge in [0, 0.05) is 23.7 Å². The number of carbonyl (C=O) groups is 1. The number of thioether (sulfide) groups is 1. The number of phenolic OH excluding ortho intramolecular Hbond substituents is 1. The van der Waals surface area contributed by atoms with Crippen molar-refractivity contribution in [2.24, 2.45) is 0 Å². The van der Waals surface area contributed by atoms with E-state index in [1.165, 1.54) is 22.8 Å². The molecule has 1 saturated carbocycles. The van der Waals surface area contributed by atoms with Crippen LogP contribution in [-0.4, -0.2) is 42.7 Å². The molecular formula is C25H27FN4O4S. The Morgan fingerprint density at radius 3 is 2.46 bits per heavy atom. The molecule has 3 aromatic rings. The molecule has 2 N–H and O–H groups in total. The highest BCUT2D eigenvalue weighted by atomic mass is 32.2. The van der Waals surface area contributed by atoms with Crippen LogP contribution < -0.4 is 16.6 Å². The largest absolute Gasteiger partial charge is 0.508 e. The van der Waals surface area contributed by atoms with E-state index < -0.39 is 11.4 Å². The predicted molar refractivity (Wildman–Crippen MR) is 133 cm³/mol. The first-order chi connectivity index (χ1) is 16.9. The van der Waals surface area contributed by atoms with Crippen LogP contribution in [-0.2, 0) is 0 Å². The number of rotatable bonds is 4. The topological polar surface area (TPSA) is 106 Å². The molecule has 10 heteroatoms. The van der Waals surface area contributed by atoms with Gasteiger partial charge in [0.05, 0.1) is 11.6 Å². The lowest BCUT2D eigenvalue weighted by atomic mass is 9.90. The molecular weight excluding hydrogens is 471 g/mol.